The molecule has 3 N–H and O–H groups in total. The zero-order chi connectivity index (χ0) is 23.4. The molecule has 4 rings (SSSR count). The fourth-order valence-corrected chi connectivity index (χ4v) is 3.62. The molecule has 0 saturated heterocycles. The Kier molecular flexibility index (Phi) is 6.76. The van der Waals surface area contributed by atoms with Crippen LogP contribution >= 0.6 is 11.6 Å². The largest absolute Gasteiger partial charge is 0.493 e. The molecule has 0 aliphatic carbocycles. The van der Waals surface area contributed by atoms with E-state index in [0.29, 0.717) is 28.8 Å². The van der Waals surface area contributed by atoms with E-state index in [1.54, 1.807) is 29.1 Å². The topological polar surface area (TPSA) is 127 Å². The summed E-state index contributed by atoms with van der Waals surface area (Å²) in [6.07, 6.45) is 2.21. The number of methoxy groups -OCH3 is 1. The van der Waals surface area contributed by atoms with Crippen LogP contribution in [0.2, 0.25) is 5.02 Å². The first kappa shape index (κ1) is 22.6. The Labute approximate surface area is 194 Å². The predicted octanol–water partition coefficient (Wildman–Crippen LogP) is 2.10. The highest BCUT2D eigenvalue weighted by atomic mass is 35.5. The minimum Gasteiger partial charge on any atom is -0.493 e. The first-order valence-electron chi connectivity index (χ1n) is 10.2. The van der Waals surface area contributed by atoms with Crippen molar-refractivity contribution >= 4 is 28.4 Å². The van der Waals surface area contributed by atoms with E-state index in [1.165, 1.54) is 7.11 Å². The molecule has 0 spiro atoms. The van der Waals surface area contributed by atoms with Crippen molar-refractivity contribution in [2.45, 2.75) is 6.42 Å². The first-order chi connectivity index (χ1) is 16.0. The molecule has 2 aromatic carbocycles. The summed E-state index contributed by atoms with van der Waals surface area (Å²) < 4.78 is 12.7. The third-order valence-electron chi connectivity index (χ3n) is 5.05. The van der Waals surface area contributed by atoms with E-state index in [1.807, 2.05) is 19.2 Å². The van der Waals surface area contributed by atoms with Crippen LogP contribution in [0.4, 0.5) is 0 Å². The van der Waals surface area contributed by atoms with Gasteiger partial charge in [-0.25, -0.2) is 4.98 Å². The van der Waals surface area contributed by atoms with Crippen LogP contribution in [0.1, 0.15) is 11.4 Å². The van der Waals surface area contributed by atoms with Crippen molar-refractivity contribution in [2.75, 3.05) is 26.9 Å². The van der Waals surface area contributed by atoms with Crippen molar-refractivity contribution in [1.82, 2.24) is 30.3 Å². The SMILES string of the molecule is COc1cc(-c2nc(Cc3ccc4[nH]ncc4c3Cl)n(C)n2)ccc1OCC(=O)NCCO. The molecule has 0 aliphatic heterocycles. The highest BCUT2D eigenvalue weighted by molar-refractivity contribution is 6.36. The van der Waals surface area contributed by atoms with Gasteiger partial charge in [0.2, 0.25) is 0 Å². The van der Waals surface area contributed by atoms with Gasteiger partial charge in [0.05, 0.1) is 30.5 Å². The summed E-state index contributed by atoms with van der Waals surface area (Å²) in [5.41, 5.74) is 2.54. The number of H-pyrrole nitrogens is 1. The Bertz CT molecular complexity index is 1290. The standard InChI is InChI=1S/C22H23ClN6O4/c1-29-19(10-13-3-5-16-15(21(13)23)11-25-27-16)26-22(28-29)14-4-6-17(18(9-14)32-2)33-12-20(31)24-7-8-30/h3-6,9,11,30H,7-8,10,12H2,1-2H3,(H,24,31)(H,25,27). The van der Waals surface area contributed by atoms with Crippen molar-refractivity contribution in [3.8, 4) is 22.9 Å². The van der Waals surface area contributed by atoms with E-state index in [2.05, 4.69) is 25.6 Å². The molecule has 0 bridgehead atoms. The van der Waals surface area contributed by atoms with Gasteiger partial charge >= 0.3 is 0 Å². The number of aromatic nitrogens is 5. The number of halogens is 1. The molecule has 0 fully saturated rings. The number of carbonyl (C=O) groups is 1. The normalized spacial score (nSPS) is 11.0. The van der Waals surface area contributed by atoms with Gasteiger partial charge in [0.15, 0.2) is 23.9 Å². The third-order valence-corrected chi connectivity index (χ3v) is 5.50. The summed E-state index contributed by atoms with van der Waals surface area (Å²) >= 11 is 6.56. The minimum atomic E-state index is -0.335. The number of benzene rings is 2. The van der Waals surface area contributed by atoms with Gasteiger partial charge < -0.3 is 19.9 Å². The monoisotopic (exact) mass is 470 g/mol. The van der Waals surface area contributed by atoms with Crippen LogP contribution in [0.25, 0.3) is 22.3 Å². The smallest absolute Gasteiger partial charge is 0.258 e. The lowest BCUT2D eigenvalue weighted by Crippen LogP contribution is -2.31. The van der Waals surface area contributed by atoms with Crippen LogP contribution in [0, 0.1) is 0 Å². The average Bonchev–Trinajstić information content (AvgIpc) is 3.45. The van der Waals surface area contributed by atoms with Crippen LogP contribution in [0.3, 0.4) is 0 Å². The van der Waals surface area contributed by atoms with Gasteiger partial charge in [0, 0.05) is 31.0 Å². The van der Waals surface area contributed by atoms with E-state index in [-0.39, 0.29) is 25.7 Å². The molecule has 2 aromatic heterocycles. The second kappa shape index (κ2) is 9.88. The molecule has 0 radical (unpaired) electrons. The Hall–Kier alpha value is -3.63. The van der Waals surface area contributed by atoms with Crippen LogP contribution in [-0.2, 0) is 18.3 Å². The zero-order valence-electron chi connectivity index (χ0n) is 18.1. The molecule has 2 heterocycles. The van der Waals surface area contributed by atoms with Crippen molar-refractivity contribution in [3.63, 3.8) is 0 Å². The number of amides is 1. The third kappa shape index (κ3) is 4.91. The number of aliphatic hydroxyl groups excluding tert-OH is 1. The Morgan fingerprint density at radius 3 is 2.91 bits per heavy atom. The number of aryl methyl sites for hydroxylation is 1. The van der Waals surface area contributed by atoms with Gasteiger partial charge in [-0.3, -0.25) is 14.6 Å². The summed E-state index contributed by atoms with van der Waals surface area (Å²) in [4.78, 5) is 16.4. The molecule has 1 amide bonds. The summed E-state index contributed by atoms with van der Waals surface area (Å²) in [7, 11) is 3.35. The van der Waals surface area contributed by atoms with Crippen molar-refractivity contribution in [1.29, 1.82) is 0 Å². The van der Waals surface area contributed by atoms with Crippen molar-refractivity contribution < 1.29 is 19.4 Å². The first-order valence-corrected chi connectivity index (χ1v) is 10.6. The van der Waals surface area contributed by atoms with Gasteiger partial charge in [-0.05, 0) is 29.8 Å². The van der Waals surface area contributed by atoms with E-state index in [9.17, 15) is 4.79 Å². The number of hydrogen-bond donors (Lipinski definition) is 3. The number of rotatable bonds is 9. The molecule has 172 valence electrons. The predicted molar refractivity (Wildman–Crippen MR) is 122 cm³/mol. The Balaban J connectivity index is 1.53. The number of aliphatic hydroxyl groups is 1. The quantitative estimate of drug-likeness (QED) is 0.342. The molecule has 11 heteroatoms. The minimum absolute atomic E-state index is 0.132. The van der Waals surface area contributed by atoms with Gasteiger partial charge in [-0.15, -0.1) is 0 Å². The second-order valence-electron chi connectivity index (χ2n) is 7.25. The Morgan fingerprint density at radius 1 is 1.27 bits per heavy atom. The van der Waals surface area contributed by atoms with Gasteiger partial charge in [-0.1, -0.05) is 17.7 Å². The number of nitrogens with zero attached hydrogens (tertiary/aromatic N) is 4. The van der Waals surface area contributed by atoms with Crippen LogP contribution < -0.4 is 14.8 Å². The van der Waals surface area contributed by atoms with Crippen LogP contribution in [-0.4, -0.2) is 62.8 Å². The fourth-order valence-electron chi connectivity index (χ4n) is 3.34. The van der Waals surface area contributed by atoms with Crippen molar-refractivity contribution in [2.24, 2.45) is 7.05 Å². The van der Waals surface area contributed by atoms with E-state index in [0.717, 1.165) is 27.9 Å². The number of fused-ring (bicyclic) bond motifs is 1. The maximum atomic E-state index is 11.7. The molecule has 4 aromatic rings. The molecule has 0 atom stereocenters. The van der Waals surface area contributed by atoms with Crippen LogP contribution in [0.5, 0.6) is 11.5 Å². The molecule has 0 saturated carbocycles. The molecule has 10 nitrogen and oxygen atoms in total. The molecular formula is C22H23ClN6O4. The maximum absolute atomic E-state index is 11.7. The lowest BCUT2D eigenvalue weighted by atomic mass is 10.1. The number of hydrogen-bond acceptors (Lipinski definition) is 7. The lowest BCUT2D eigenvalue weighted by Gasteiger charge is -2.11. The highest BCUT2D eigenvalue weighted by Gasteiger charge is 2.16. The lowest BCUT2D eigenvalue weighted by molar-refractivity contribution is -0.123. The summed E-state index contributed by atoms with van der Waals surface area (Å²) in [6, 6.07) is 9.14. The number of nitrogens with one attached hydrogen (secondary N) is 2. The highest BCUT2D eigenvalue weighted by Crippen LogP contribution is 2.32. The number of ether oxygens (including phenoxy) is 2. The summed E-state index contributed by atoms with van der Waals surface area (Å²) in [5, 5.41) is 24.3. The second-order valence-corrected chi connectivity index (χ2v) is 7.63. The molecule has 0 unspecified atom stereocenters. The van der Waals surface area contributed by atoms with Crippen LogP contribution in [0.15, 0.2) is 36.5 Å². The van der Waals surface area contributed by atoms with E-state index in [4.69, 9.17) is 26.2 Å². The number of aromatic amines is 1. The zero-order valence-corrected chi connectivity index (χ0v) is 18.9. The molecule has 33 heavy (non-hydrogen) atoms. The molecule has 0 aliphatic rings. The van der Waals surface area contributed by atoms with E-state index < -0.39 is 0 Å². The average molecular weight is 471 g/mol. The number of carbonyl (C=O) groups excluding carboxylic acids is 1. The Morgan fingerprint density at radius 2 is 2.12 bits per heavy atom. The molecular weight excluding hydrogens is 448 g/mol. The van der Waals surface area contributed by atoms with Gasteiger partial charge in [0.25, 0.3) is 5.91 Å². The van der Waals surface area contributed by atoms with Gasteiger partial charge in [-0.2, -0.15) is 10.2 Å². The summed E-state index contributed by atoms with van der Waals surface area (Å²) in [5.74, 6) is 1.80. The van der Waals surface area contributed by atoms with Gasteiger partial charge in [0.1, 0.15) is 5.82 Å². The van der Waals surface area contributed by atoms with Crippen molar-refractivity contribution in [3.05, 3.63) is 52.9 Å². The summed E-state index contributed by atoms with van der Waals surface area (Å²) in [6.45, 7) is -0.149. The maximum Gasteiger partial charge on any atom is 0.258 e. The fraction of sp³-hybridized carbons (Fsp3) is 0.273. The van der Waals surface area contributed by atoms with E-state index >= 15 is 0 Å².